The van der Waals surface area contributed by atoms with E-state index in [9.17, 15) is 13.2 Å². The third kappa shape index (κ3) is 4.93. The SMILES string of the molecule is COc1cc(OCc2ccc(C(F)(F)F)cn2)ccc1-c1cnc(-c2ccc(C#N)nc2)[nH]1. The van der Waals surface area contributed by atoms with Crippen LogP contribution in [0.4, 0.5) is 13.2 Å². The first-order valence-corrected chi connectivity index (χ1v) is 9.62. The van der Waals surface area contributed by atoms with Crippen molar-refractivity contribution in [1.82, 2.24) is 19.9 Å². The van der Waals surface area contributed by atoms with E-state index in [-0.39, 0.29) is 6.61 Å². The van der Waals surface area contributed by atoms with E-state index >= 15 is 0 Å². The molecule has 4 aromatic rings. The third-order valence-electron chi connectivity index (χ3n) is 4.73. The Labute approximate surface area is 186 Å². The minimum absolute atomic E-state index is 0.000532. The zero-order valence-corrected chi connectivity index (χ0v) is 17.2. The summed E-state index contributed by atoms with van der Waals surface area (Å²) in [7, 11) is 1.52. The number of aromatic amines is 1. The molecule has 0 unspecified atom stereocenters. The molecule has 0 fully saturated rings. The summed E-state index contributed by atoms with van der Waals surface area (Å²) in [5, 5.41) is 8.87. The molecule has 166 valence electrons. The van der Waals surface area contributed by atoms with Crippen LogP contribution in [0.15, 0.2) is 61.1 Å². The molecule has 0 amide bonds. The van der Waals surface area contributed by atoms with Gasteiger partial charge >= 0.3 is 6.18 Å². The molecule has 0 aliphatic heterocycles. The first-order chi connectivity index (χ1) is 15.9. The second-order valence-corrected chi connectivity index (χ2v) is 6.88. The van der Waals surface area contributed by atoms with Crippen molar-refractivity contribution >= 4 is 0 Å². The standard InChI is InChI=1S/C23H16F3N5O2/c1-32-21-8-18(33-13-17-5-3-15(11-29-17)23(24,25)26)6-7-19(21)20-12-30-22(31-20)14-2-4-16(9-27)28-10-14/h2-8,10-12H,13H2,1H3,(H,30,31). The van der Waals surface area contributed by atoms with E-state index in [4.69, 9.17) is 14.7 Å². The molecule has 33 heavy (non-hydrogen) atoms. The maximum absolute atomic E-state index is 12.7. The lowest BCUT2D eigenvalue weighted by molar-refractivity contribution is -0.137. The number of halogens is 3. The first kappa shape index (κ1) is 21.8. The van der Waals surface area contributed by atoms with Crippen molar-refractivity contribution in [3.05, 3.63) is 78.0 Å². The predicted octanol–water partition coefficient (Wildman–Crippen LogP) is 5.01. The van der Waals surface area contributed by atoms with Gasteiger partial charge in [0.25, 0.3) is 0 Å². The molecule has 0 radical (unpaired) electrons. The van der Waals surface area contributed by atoms with Crippen molar-refractivity contribution < 1.29 is 22.6 Å². The van der Waals surface area contributed by atoms with Crippen molar-refractivity contribution in [1.29, 1.82) is 5.26 Å². The van der Waals surface area contributed by atoms with E-state index in [1.54, 1.807) is 42.7 Å². The van der Waals surface area contributed by atoms with Gasteiger partial charge in [-0.15, -0.1) is 0 Å². The molecule has 4 rings (SSSR count). The number of rotatable bonds is 6. The van der Waals surface area contributed by atoms with E-state index in [1.807, 2.05) is 6.07 Å². The molecule has 3 heterocycles. The van der Waals surface area contributed by atoms with Gasteiger partial charge in [0, 0.05) is 29.6 Å². The molecule has 0 bridgehead atoms. The average molecular weight is 451 g/mol. The molecule has 1 aromatic carbocycles. The highest BCUT2D eigenvalue weighted by Gasteiger charge is 2.30. The molecule has 10 heteroatoms. The number of nitrogens with one attached hydrogen (secondary N) is 1. The third-order valence-corrected chi connectivity index (χ3v) is 4.73. The summed E-state index contributed by atoms with van der Waals surface area (Å²) >= 11 is 0. The topological polar surface area (TPSA) is 96.7 Å². The molecule has 0 spiro atoms. The van der Waals surface area contributed by atoms with Gasteiger partial charge in [-0.25, -0.2) is 9.97 Å². The summed E-state index contributed by atoms with van der Waals surface area (Å²) in [4.78, 5) is 15.4. The molecule has 1 N–H and O–H groups in total. The van der Waals surface area contributed by atoms with E-state index < -0.39 is 11.7 Å². The van der Waals surface area contributed by atoms with E-state index in [0.29, 0.717) is 34.4 Å². The monoisotopic (exact) mass is 451 g/mol. The Morgan fingerprint density at radius 1 is 1.00 bits per heavy atom. The molecule has 0 aliphatic carbocycles. The van der Waals surface area contributed by atoms with Crippen LogP contribution in [-0.4, -0.2) is 27.0 Å². The summed E-state index contributed by atoms with van der Waals surface area (Å²) in [5.74, 6) is 1.56. The van der Waals surface area contributed by atoms with Crippen molar-refractivity contribution in [2.75, 3.05) is 7.11 Å². The largest absolute Gasteiger partial charge is 0.496 e. The van der Waals surface area contributed by atoms with E-state index in [2.05, 4.69) is 19.9 Å². The fourth-order valence-electron chi connectivity index (χ4n) is 3.02. The normalized spacial score (nSPS) is 11.1. The number of pyridine rings is 2. The van der Waals surface area contributed by atoms with Gasteiger partial charge in [0.1, 0.15) is 35.7 Å². The number of ether oxygens (including phenoxy) is 2. The van der Waals surface area contributed by atoms with Crippen LogP contribution < -0.4 is 9.47 Å². The summed E-state index contributed by atoms with van der Waals surface area (Å²) in [6.45, 7) is 0.000532. The Balaban J connectivity index is 1.49. The number of methoxy groups -OCH3 is 1. The minimum atomic E-state index is -4.43. The molecule has 0 atom stereocenters. The van der Waals surface area contributed by atoms with Gasteiger partial charge in [-0.1, -0.05) is 0 Å². The average Bonchev–Trinajstić information content (AvgIpc) is 3.32. The first-order valence-electron chi connectivity index (χ1n) is 9.62. The van der Waals surface area contributed by atoms with Gasteiger partial charge in [-0.05, 0) is 36.4 Å². The van der Waals surface area contributed by atoms with Crippen molar-refractivity contribution in [2.24, 2.45) is 0 Å². The van der Waals surface area contributed by atoms with Crippen LogP contribution in [0.5, 0.6) is 11.5 Å². The van der Waals surface area contributed by atoms with Gasteiger partial charge in [-0.3, -0.25) is 4.98 Å². The fraction of sp³-hybridized carbons (Fsp3) is 0.130. The summed E-state index contributed by atoms with van der Waals surface area (Å²) in [5.41, 5.74) is 2.02. The highest BCUT2D eigenvalue weighted by molar-refractivity contribution is 5.70. The summed E-state index contributed by atoms with van der Waals surface area (Å²) < 4.78 is 49.1. The van der Waals surface area contributed by atoms with Crippen LogP contribution in [0.2, 0.25) is 0 Å². The molecular formula is C23H16F3N5O2. The van der Waals surface area contributed by atoms with Crippen molar-refractivity contribution in [2.45, 2.75) is 12.8 Å². The highest BCUT2D eigenvalue weighted by Crippen LogP contribution is 2.34. The number of H-pyrrole nitrogens is 1. The predicted molar refractivity (Wildman–Crippen MR) is 112 cm³/mol. The number of aromatic nitrogens is 4. The lowest BCUT2D eigenvalue weighted by Gasteiger charge is -2.11. The van der Waals surface area contributed by atoms with Crippen molar-refractivity contribution in [3.63, 3.8) is 0 Å². The van der Waals surface area contributed by atoms with Gasteiger partial charge < -0.3 is 14.5 Å². The maximum atomic E-state index is 12.7. The molecule has 3 aromatic heterocycles. The van der Waals surface area contributed by atoms with Crippen molar-refractivity contribution in [3.8, 4) is 40.2 Å². The number of alkyl halides is 3. The van der Waals surface area contributed by atoms with Gasteiger partial charge in [-0.2, -0.15) is 18.4 Å². The van der Waals surface area contributed by atoms with Gasteiger partial charge in [0.15, 0.2) is 0 Å². The number of nitrogens with zero attached hydrogens (tertiary/aromatic N) is 4. The maximum Gasteiger partial charge on any atom is 0.417 e. The fourth-order valence-corrected chi connectivity index (χ4v) is 3.02. The second kappa shape index (κ2) is 9.00. The summed E-state index contributed by atoms with van der Waals surface area (Å²) in [6.07, 6.45) is -0.442. The second-order valence-electron chi connectivity index (χ2n) is 6.88. The van der Waals surface area contributed by atoms with Crippen LogP contribution in [0.25, 0.3) is 22.6 Å². The Hall–Kier alpha value is -4.39. The minimum Gasteiger partial charge on any atom is -0.496 e. The summed E-state index contributed by atoms with van der Waals surface area (Å²) in [6, 6.07) is 12.7. The Morgan fingerprint density at radius 3 is 2.48 bits per heavy atom. The Kier molecular flexibility index (Phi) is 5.95. The van der Waals surface area contributed by atoms with Gasteiger partial charge in [0.05, 0.1) is 30.3 Å². The number of hydrogen-bond acceptors (Lipinski definition) is 6. The van der Waals surface area contributed by atoms with E-state index in [1.165, 1.54) is 13.2 Å². The number of imidazole rings is 1. The quantitative estimate of drug-likeness (QED) is 0.443. The molecule has 7 nitrogen and oxygen atoms in total. The Morgan fingerprint density at radius 2 is 1.85 bits per heavy atom. The van der Waals surface area contributed by atoms with E-state index in [0.717, 1.165) is 23.4 Å². The molecular weight excluding hydrogens is 435 g/mol. The van der Waals surface area contributed by atoms with Crippen LogP contribution in [0.1, 0.15) is 17.0 Å². The number of benzene rings is 1. The highest BCUT2D eigenvalue weighted by atomic mass is 19.4. The molecule has 0 aliphatic rings. The lowest BCUT2D eigenvalue weighted by Crippen LogP contribution is -2.06. The van der Waals surface area contributed by atoms with Crippen LogP contribution in [0.3, 0.4) is 0 Å². The van der Waals surface area contributed by atoms with Gasteiger partial charge in [0.2, 0.25) is 0 Å². The zero-order valence-electron chi connectivity index (χ0n) is 17.2. The number of hydrogen-bond donors (Lipinski definition) is 1. The van der Waals surface area contributed by atoms with Crippen LogP contribution in [-0.2, 0) is 12.8 Å². The lowest BCUT2D eigenvalue weighted by atomic mass is 10.1. The van der Waals surface area contributed by atoms with Crippen LogP contribution in [0, 0.1) is 11.3 Å². The molecule has 0 saturated carbocycles. The zero-order chi connectivity index (χ0) is 23.4. The van der Waals surface area contributed by atoms with Crippen LogP contribution >= 0.6 is 0 Å². The molecule has 0 saturated heterocycles. The number of nitriles is 1. The smallest absolute Gasteiger partial charge is 0.417 e. The Bertz CT molecular complexity index is 1290.